The highest BCUT2D eigenvalue weighted by Gasteiger charge is 2.20. The molecule has 0 saturated heterocycles. The summed E-state index contributed by atoms with van der Waals surface area (Å²) in [5.41, 5.74) is 1.33. The van der Waals surface area contributed by atoms with E-state index in [2.05, 4.69) is 30.6 Å². The molecule has 0 spiro atoms. The quantitative estimate of drug-likeness (QED) is 0.598. The fourth-order valence-electron chi connectivity index (χ4n) is 1.61. The van der Waals surface area contributed by atoms with Crippen molar-refractivity contribution in [1.82, 2.24) is 10.2 Å². The highest BCUT2D eigenvalue weighted by atomic mass is 15.1. The van der Waals surface area contributed by atoms with E-state index in [4.69, 9.17) is 0 Å². The van der Waals surface area contributed by atoms with Gasteiger partial charge >= 0.3 is 0 Å². The minimum atomic E-state index is 0.799. The zero-order chi connectivity index (χ0) is 10.4. The molecule has 0 atom stereocenters. The summed E-state index contributed by atoms with van der Waals surface area (Å²) in [5, 5.41) is 3.50. The molecule has 1 saturated carbocycles. The van der Waals surface area contributed by atoms with Crippen LogP contribution in [0.25, 0.3) is 0 Å². The van der Waals surface area contributed by atoms with Gasteiger partial charge in [-0.1, -0.05) is 20.4 Å². The molecule has 14 heavy (non-hydrogen) atoms. The Morgan fingerprint density at radius 2 is 2.14 bits per heavy atom. The van der Waals surface area contributed by atoms with E-state index in [0.29, 0.717) is 0 Å². The maximum Gasteiger partial charge on any atom is 0.0202 e. The Balaban J connectivity index is 2.09. The molecule has 0 radical (unpaired) electrons. The Bertz CT molecular complexity index is 173. The molecule has 0 aromatic heterocycles. The summed E-state index contributed by atoms with van der Waals surface area (Å²) in [7, 11) is 0. The van der Waals surface area contributed by atoms with Gasteiger partial charge in [0.25, 0.3) is 0 Å². The summed E-state index contributed by atoms with van der Waals surface area (Å²) in [4.78, 5) is 2.46. The van der Waals surface area contributed by atoms with Crippen LogP contribution in [0.1, 0.15) is 33.1 Å². The van der Waals surface area contributed by atoms with Crippen LogP contribution in [0.3, 0.4) is 0 Å². The lowest BCUT2D eigenvalue weighted by atomic mass is 10.2. The normalized spacial score (nSPS) is 16.2. The van der Waals surface area contributed by atoms with Gasteiger partial charge in [0.15, 0.2) is 0 Å². The highest BCUT2D eigenvalue weighted by Crippen LogP contribution is 2.18. The Morgan fingerprint density at radius 3 is 2.64 bits per heavy atom. The number of nitrogens with zero attached hydrogens (tertiary/aromatic N) is 1. The van der Waals surface area contributed by atoms with Crippen LogP contribution < -0.4 is 5.32 Å². The average molecular weight is 196 g/mol. The molecule has 2 heteroatoms. The summed E-state index contributed by atoms with van der Waals surface area (Å²) < 4.78 is 0. The Labute approximate surface area is 88.4 Å². The molecule has 1 N–H and O–H groups in total. The molecule has 1 fully saturated rings. The maximum absolute atomic E-state index is 4.12. The number of hydrogen-bond acceptors (Lipinski definition) is 2. The van der Waals surface area contributed by atoms with Gasteiger partial charge in [-0.15, -0.1) is 0 Å². The van der Waals surface area contributed by atoms with Crippen LogP contribution in [-0.4, -0.2) is 37.1 Å². The topological polar surface area (TPSA) is 15.3 Å². The fourth-order valence-corrected chi connectivity index (χ4v) is 1.61. The third-order valence-corrected chi connectivity index (χ3v) is 2.65. The van der Waals surface area contributed by atoms with Gasteiger partial charge in [-0.05, 0) is 37.9 Å². The Kier molecular flexibility index (Phi) is 5.20. The number of rotatable bonds is 8. The van der Waals surface area contributed by atoms with Crippen LogP contribution >= 0.6 is 0 Å². The van der Waals surface area contributed by atoms with Crippen molar-refractivity contribution in [3.05, 3.63) is 12.2 Å². The molecule has 0 unspecified atom stereocenters. The third-order valence-electron chi connectivity index (χ3n) is 2.65. The van der Waals surface area contributed by atoms with E-state index in [1.54, 1.807) is 0 Å². The van der Waals surface area contributed by atoms with Crippen molar-refractivity contribution in [3.8, 4) is 0 Å². The van der Waals surface area contributed by atoms with Crippen molar-refractivity contribution in [1.29, 1.82) is 0 Å². The van der Waals surface area contributed by atoms with Gasteiger partial charge in [0.2, 0.25) is 0 Å². The number of nitrogens with one attached hydrogen (secondary N) is 1. The molecule has 0 heterocycles. The molecule has 0 aromatic rings. The summed E-state index contributed by atoms with van der Waals surface area (Å²) >= 11 is 0. The molecule has 1 aliphatic rings. The van der Waals surface area contributed by atoms with Crippen LogP contribution in [0.2, 0.25) is 0 Å². The van der Waals surface area contributed by atoms with Crippen molar-refractivity contribution in [2.75, 3.05) is 26.2 Å². The minimum absolute atomic E-state index is 0.799. The van der Waals surface area contributed by atoms with E-state index in [-0.39, 0.29) is 0 Å². The van der Waals surface area contributed by atoms with Crippen molar-refractivity contribution in [2.45, 2.75) is 39.2 Å². The van der Waals surface area contributed by atoms with E-state index < -0.39 is 0 Å². The van der Waals surface area contributed by atoms with Crippen molar-refractivity contribution >= 4 is 0 Å². The molecular weight excluding hydrogens is 172 g/mol. The first-order chi connectivity index (χ1) is 6.76. The third kappa shape index (κ3) is 4.77. The molecular formula is C12H24N2. The zero-order valence-corrected chi connectivity index (χ0v) is 9.68. The molecule has 0 bridgehead atoms. The van der Waals surface area contributed by atoms with Crippen LogP contribution in [-0.2, 0) is 0 Å². The second-order valence-corrected chi connectivity index (χ2v) is 4.27. The molecule has 0 aliphatic heterocycles. The second kappa shape index (κ2) is 6.20. The SMILES string of the molecule is C=C(CNC1CC1)CN(CC)CCC. The first-order valence-electron chi connectivity index (χ1n) is 5.88. The predicted octanol–water partition coefficient (Wildman–Crippen LogP) is 2.03. The lowest BCUT2D eigenvalue weighted by Gasteiger charge is -2.20. The van der Waals surface area contributed by atoms with Crippen LogP contribution in [0.15, 0.2) is 12.2 Å². The van der Waals surface area contributed by atoms with E-state index in [9.17, 15) is 0 Å². The van der Waals surface area contributed by atoms with Crippen molar-refractivity contribution in [2.24, 2.45) is 0 Å². The minimum Gasteiger partial charge on any atom is -0.310 e. The van der Waals surface area contributed by atoms with Crippen molar-refractivity contribution < 1.29 is 0 Å². The van der Waals surface area contributed by atoms with Crippen molar-refractivity contribution in [3.63, 3.8) is 0 Å². The Hall–Kier alpha value is -0.340. The van der Waals surface area contributed by atoms with Crippen LogP contribution in [0.5, 0.6) is 0 Å². The van der Waals surface area contributed by atoms with Gasteiger partial charge in [0, 0.05) is 19.1 Å². The summed E-state index contributed by atoms with van der Waals surface area (Å²) in [6.45, 7) is 13.0. The van der Waals surface area contributed by atoms with Gasteiger partial charge in [-0.25, -0.2) is 0 Å². The number of hydrogen-bond donors (Lipinski definition) is 1. The predicted molar refractivity (Wildman–Crippen MR) is 62.6 cm³/mol. The smallest absolute Gasteiger partial charge is 0.0202 e. The second-order valence-electron chi connectivity index (χ2n) is 4.27. The van der Waals surface area contributed by atoms with E-state index in [1.165, 1.54) is 31.4 Å². The van der Waals surface area contributed by atoms with Gasteiger partial charge in [0.05, 0.1) is 0 Å². The van der Waals surface area contributed by atoms with Gasteiger partial charge in [0.1, 0.15) is 0 Å². The first kappa shape index (κ1) is 11.7. The zero-order valence-electron chi connectivity index (χ0n) is 9.68. The van der Waals surface area contributed by atoms with Crippen LogP contribution in [0, 0.1) is 0 Å². The van der Waals surface area contributed by atoms with E-state index >= 15 is 0 Å². The summed E-state index contributed by atoms with van der Waals surface area (Å²) in [6.07, 6.45) is 3.95. The van der Waals surface area contributed by atoms with Gasteiger partial charge in [-0.3, -0.25) is 4.90 Å². The number of likely N-dealkylation sites (N-methyl/N-ethyl adjacent to an activating group) is 1. The lowest BCUT2D eigenvalue weighted by molar-refractivity contribution is 0.310. The molecule has 1 aliphatic carbocycles. The first-order valence-corrected chi connectivity index (χ1v) is 5.88. The largest absolute Gasteiger partial charge is 0.310 e. The fraction of sp³-hybridized carbons (Fsp3) is 0.833. The molecule has 2 nitrogen and oxygen atoms in total. The standard InChI is InChI=1S/C12H24N2/c1-4-8-14(5-2)10-11(3)9-13-12-6-7-12/h12-13H,3-10H2,1-2H3. The van der Waals surface area contributed by atoms with Gasteiger partial charge in [-0.2, -0.15) is 0 Å². The van der Waals surface area contributed by atoms with E-state index in [0.717, 1.165) is 25.7 Å². The highest BCUT2D eigenvalue weighted by molar-refractivity contribution is 5.01. The molecule has 82 valence electrons. The van der Waals surface area contributed by atoms with Crippen LogP contribution in [0.4, 0.5) is 0 Å². The maximum atomic E-state index is 4.12. The average Bonchev–Trinajstić information content (AvgIpc) is 2.97. The summed E-state index contributed by atoms with van der Waals surface area (Å²) in [6, 6.07) is 0.799. The molecule has 1 rings (SSSR count). The van der Waals surface area contributed by atoms with E-state index in [1.807, 2.05) is 0 Å². The summed E-state index contributed by atoms with van der Waals surface area (Å²) in [5.74, 6) is 0. The van der Waals surface area contributed by atoms with Gasteiger partial charge < -0.3 is 5.32 Å². The lowest BCUT2D eigenvalue weighted by Crippen LogP contribution is -2.30. The molecule has 0 amide bonds. The molecule has 0 aromatic carbocycles. The Morgan fingerprint density at radius 1 is 1.43 bits per heavy atom. The monoisotopic (exact) mass is 196 g/mol.